The molecule has 0 radical (unpaired) electrons. The van der Waals surface area contributed by atoms with Gasteiger partial charge in [-0.25, -0.2) is 4.39 Å². The Bertz CT molecular complexity index is 175. The Morgan fingerprint density at radius 3 is 2.92 bits per heavy atom. The molecule has 0 spiro atoms. The summed E-state index contributed by atoms with van der Waals surface area (Å²) in [5, 5.41) is 2.55. The van der Waals surface area contributed by atoms with Gasteiger partial charge in [-0.05, 0) is 19.3 Å². The molecule has 0 aromatic rings. The molecule has 0 aromatic heterocycles. The zero-order valence-corrected chi connectivity index (χ0v) is 7.76. The van der Waals surface area contributed by atoms with Crippen LogP contribution in [0.1, 0.15) is 25.7 Å². The lowest BCUT2D eigenvalue weighted by Crippen LogP contribution is -2.38. The van der Waals surface area contributed by atoms with Gasteiger partial charge in [0.25, 0.3) is 0 Å². The molecule has 3 nitrogen and oxygen atoms in total. The van der Waals surface area contributed by atoms with E-state index < -0.39 is 6.67 Å². The van der Waals surface area contributed by atoms with Gasteiger partial charge in [0, 0.05) is 18.5 Å². The standard InChI is InChI=1S/C9H17FN2O/c10-4-5-12-9(13)7-2-1-3-8(11)6-7/h7-8H,1-6,11H2,(H,12,13). The minimum Gasteiger partial charge on any atom is -0.353 e. The third-order valence-electron chi connectivity index (χ3n) is 2.48. The third-order valence-corrected chi connectivity index (χ3v) is 2.48. The smallest absolute Gasteiger partial charge is 0.223 e. The third kappa shape index (κ3) is 3.30. The van der Waals surface area contributed by atoms with Crippen LogP contribution in [0.5, 0.6) is 0 Å². The molecular weight excluding hydrogens is 171 g/mol. The number of amides is 1. The van der Waals surface area contributed by atoms with Crippen LogP contribution in [-0.2, 0) is 4.79 Å². The fourth-order valence-corrected chi connectivity index (χ4v) is 1.78. The van der Waals surface area contributed by atoms with Crippen molar-refractivity contribution in [1.82, 2.24) is 5.32 Å². The van der Waals surface area contributed by atoms with Crippen LogP contribution in [0.3, 0.4) is 0 Å². The van der Waals surface area contributed by atoms with Crippen LogP contribution in [0, 0.1) is 5.92 Å². The van der Waals surface area contributed by atoms with E-state index in [-0.39, 0.29) is 24.4 Å². The van der Waals surface area contributed by atoms with Gasteiger partial charge in [-0.15, -0.1) is 0 Å². The molecule has 4 heteroatoms. The zero-order valence-electron chi connectivity index (χ0n) is 7.76. The summed E-state index contributed by atoms with van der Waals surface area (Å²) in [4.78, 5) is 11.4. The van der Waals surface area contributed by atoms with Gasteiger partial charge in [0.05, 0.1) is 0 Å². The molecule has 1 aliphatic rings. The summed E-state index contributed by atoms with van der Waals surface area (Å²) < 4.78 is 11.8. The normalized spacial score (nSPS) is 28.5. The first-order chi connectivity index (χ1) is 6.24. The number of nitrogens with one attached hydrogen (secondary N) is 1. The fourth-order valence-electron chi connectivity index (χ4n) is 1.78. The van der Waals surface area contributed by atoms with Gasteiger partial charge in [-0.3, -0.25) is 4.79 Å². The monoisotopic (exact) mass is 188 g/mol. The van der Waals surface area contributed by atoms with Gasteiger partial charge in [0.1, 0.15) is 6.67 Å². The average molecular weight is 188 g/mol. The predicted molar refractivity (Wildman–Crippen MR) is 48.9 cm³/mol. The van der Waals surface area contributed by atoms with Crippen molar-refractivity contribution >= 4 is 5.91 Å². The van der Waals surface area contributed by atoms with E-state index in [0.717, 1.165) is 25.7 Å². The van der Waals surface area contributed by atoms with Gasteiger partial charge in [-0.1, -0.05) is 6.42 Å². The summed E-state index contributed by atoms with van der Waals surface area (Å²) in [6, 6.07) is 0.148. The van der Waals surface area contributed by atoms with E-state index in [2.05, 4.69) is 5.32 Å². The lowest BCUT2D eigenvalue weighted by molar-refractivity contribution is -0.126. The summed E-state index contributed by atoms with van der Waals surface area (Å²) in [5.74, 6) is -0.0249. The summed E-state index contributed by atoms with van der Waals surface area (Å²) in [6.07, 6.45) is 3.66. The first-order valence-corrected chi connectivity index (χ1v) is 4.83. The molecule has 1 aliphatic carbocycles. The number of rotatable bonds is 3. The van der Waals surface area contributed by atoms with Crippen LogP contribution in [0.15, 0.2) is 0 Å². The van der Waals surface area contributed by atoms with Crippen LogP contribution in [-0.4, -0.2) is 25.2 Å². The highest BCUT2D eigenvalue weighted by Gasteiger charge is 2.24. The molecular formula is C9H17FN2O. The van der Waals surface area contributed by atoms with Crippen molar-refractivity contribution in [3.8, 4) is 0 Å². The maximum atomic E-state index is 11.8. The van der Waals surface area contributed by atoms with Crippen molar-refractivity contribution in [2.24, 2.45) is 11.7 Å². The van der Waals surface area contributed by atoms with E-state index in [9.17, 15) is 9.18 Å². The molecule has 0 bridgehead atoms. The fraction of sp³-hybridized carbons (Fsp3) is 0.889. The van der Waals surface area contributed by atoms with E-state index in [0.29, 0.717) is 0 Å². The summed E-state index contributed by atoms with van der Waals surface area (Å²) >= 11 is 0. The molecule has 76 valence electrons. The van der Waals surface area contributed by atoms with Crippen LogP contribution >= 0.6 is 0 Å². The Morgan fingerprint density at radius 2 is 2.31 bits per heavy atom. The molecule has 2 unspecified atom stereocenters. The average Bonchev–Trinajstić information content (AvgIpc) is 2.14. The number of carbonyl (C=O) groups excluding carboxylic acids is 1. The predicted octanol–water partition coefficient (Wildman–Crippen LogP) is 0.590. The van der Waals surface area contributed by atoms with E-state index in [1.165, 1.54) is 0 Å². The van der Waals surface area contributed by atoms with E-state index in [1.807, 2.05) is 0 Å². The van der Waals surface area contributed by atoms with Crippen LogP contribution in [0.4, 0.5) is 4.39 Å². The highest BCUT2D eigenvalue weighted by Crippen LogP contribution is 2.22. The molecule has 1 fully saturated rings. The molecule has 2 atom stereocenters. The van der Waals surface area contributed by atoms with Crippen LogP contribution < -0.4 is 11.1 Å². The van der Waals surface area contributed by atoms with E-state index in [1.54, 1.807) is 0 Å². The van der Waals surface area contributed by atoms with E-state index in [4.69, 9.17) is 5.73 Å². The van der Waals surface area contributed by atoms with Crippen molar-refractivity contribution in [2.75, 3.05) is 13.2 Å². The van der Waals surface area contributed by atoms with Crippen LogP contribution in [0.25, 0.3) is 0 Å². The molecule has 1 rings (SSSR count). The minimum atomic E-state index is -0.496. The number of carbonyl (C=O) groups is 1. The lowest BCUT2D eigenvalue weighted by atomic mass is 9.85. The van der Waals surface area contributed by atoms with Gasteiger partial charge in [-0.2, -0.15) is 0 Å². The second kappa shape index (κ2) is 5.17. The number of halogens is 1. The SMILES string of the molecule is NC1CCCC(C(=O)NCCF)C1. The van der Waals surface area contributed by atoms with Gasteiger partial charge < -0.3 is 11.1 Å². The Morgan fingerprint density at radius 1 is 1.54 bits per heavy atom. The Kier molecular flexibility index (Phi) is 4.15. The number of hydrogen-bond acceptors (Lipinski definition) is 2. The van der Waals surface area contributed by atoms with Crippen molar-refractivity contribution in [2.45, 2.75) is 31.7 Å². The van der Waals surface area contributed by atoms with Crippen molar-refractivity contribution in [1.29, 1.82) is 0 Å². The highest BCUT2D eigenvalue weighted by molar-refractivity contribution is 5.78. The summed E-state index contributed by atoms with van der Waals surface area (Å²) in [5.41, 5.74) is 5.74. The number of alkyl halides is 1. The maximum absolute atomic E-state index is 11.8. The molecule has 1 saturated carbocycles. The largest absolute Gasteiger partial charge is 0.353 e. The topological polar surface area (TPSA) is 55.1 Å². The quantitative estimate of drug-likeness (QED) is 0.681. The maximum Gasteiger partial charge on any atom is 0.223 e. The van der Waals surface area contributed by atoms with Crippen LogP contribution in [0.2, 0.25) is 0 Å². The molecule has 0 heterocycles. The highest BCUT2D eigenvalue weighted by atomic mass is 19.1. The Balaban J connectivity index is 2.28. The zero-order chi connectivity index (χ0) is 9.68. The summed E-state index contributed by atoms with van der Waals surface area (Å²) in [6.45, 7) is -0.366. The molecule has 0 saturated heterocycles. The molecule has 13 heavy (non-hydrogen) atoms. The van der Waals surface area contributed by atoms with E-state index >= 15 is 0 Å². The summed E-state index contributed by atoms with van der Waals surface area (Å²) in [7, 11) is 0. The lowest BCUT2D eigenvalue weighted by Gasteiger charge is -2.25. The van der Waals surface area contributed by atoms with Gasteiger partial charge in [0.2, 0.25) is 5.91 Å². The van der Waals surface area contributed by atoms with Crippen molar-refractivity contribution in [3.63, 3.8) is 0 Å². The Hall–Kier alpha value is -0.640. The Labute approximate surface area is 77.9 Å². The van der Waals surface area contributed by atoms with Crippen molar-refractivity contribution < 1.29 is 9.18 Å². The second-order valence-corrected chi connectivity index (χ2v) is 3.60. The molecule has 0 aromatic carbocycles. The van der Waals surface area contributed by atoms with Gasteiger partial charge in [0.15, 0.2) is 0 Å². The molecule has 1 amide bonds. The number of nitrogens with two attached hydrogens (primary N) is 1. The van der Waals surface area contributed by atoms with Crippen molar-refractivity contribution in [3.05, 3.63) is 0 Å². The number of hydrogen-bond donors (Lipinski definition) is 2. The minimum absolute atomic E-state index is 0.00954. The molecule has 3 N–H and O–H groups in total. The first kappa shape index (κ1) is 10.4. The first-order valence-electron chi connectivity index (χ1n) is 4.83. The van der Waals surface area contributed by atoms with Gasteiger partial charge >= 0.3 is 0 Å². The molecule has 0 aliphatic heterocycles. The second-order valence-electron chi connectivity index (χ2n) is 3.60.